The molecular weight excluding hydrogens is 162 g/mol. The van der Waals surface area contributed by atoms with Crippen LogP contribution in [0.3, 0.4) is 0 Å². The quantitative estimate of drug-likeness (QED) is 0.140. The van der Waals surface area contributed by atoms with E-state index in [0.717, 1.165) is 0 Å². The minimum atomic E-state index is -0.337. The van der Waals surface area contributed by atoms with E-state index in [9.17, 15) is 0 Å². The Balaban J connectivity index is 3.41. The molecule has 0 atom stereocenters. The van der Waals surface area contributed by atoms with E-state index in [1.54, 1.807) is 0 Å². The lowest BCUT2D eigenvalue weighted by Crippen LogP contribution is -2.37. The summed E-state index contributed by atoms with van der Waals surface area (Å²) < 4.78 is 0. The van der Waals surface area contributed by atoms with Crippen LogP contribution in [-0.4, -0.2) is 47.1 Å². The van der Waals surface area contributed by atoms with E-state index in [2.05, 4.69) is 10.5 Å². The molecule has 0 aliphatic rings. The smallest absolute Gasteiger partial charge is 0.140 e. The molecule has 72 valence electrons. The summed E-state index contributed by atoms with van der Waals surface area (Å²) in [6.07, 6.45) is 0.382. The lowest BCUT2D eigenvalue weighted by molar-refractivity contribution is 0.172. The third-order valence-electron chi connectivity index (χ3n) is 1.38. The predicted molar refractivity (Wildman–Crippen MR) is 44.0 cm³/mol. The third-order valence-corrected chi connectivity index (χ3v) is 1.38. The highest BCUT2D eigenvalue weighted by Gasteiger charge is 2.03. The van der Waals surface area contributed by atoms with E-state index in [4.69, 9.17) is 21.2 Å². The Morgan fingerprint density at radius 1 is 1.42 bits per heavy atom. The number of aliphatic hydroxyl groups excluding tert-OH is 2. The molecule has 0 rings (SSSR count). The fourth-order valence-corrected chi connectivity index (χ4v) is 0.641. The molecule has 0 spiro atoms. The number of nitrogens with two attached hydrogens (primary N) is 1. The molecule has 0 radical (unpaired) electrons. The van der Waals surface area contributed by atoms with Crippen molar-refractivity contribution in [1.29, 1.82) is 0 Å². The van der Waals surface area contributed by atoms with Crippen LogP contribution in [0, 0.1) is 0 Å². The van der Waals surface area contributed by atoms with Crippen molar-refractivity contribution in [2.45, 2.75) is 12.5 Å². The van der Waals surface area contributed by atoms with Crippen LogP contribution in [0.1, 0.15) is 6.42 Å². The van der Waals surface area contributed by atoms with Gasteiger partial charge in [0.05, 0.1) is 19.3 Å². The summed E-state index contributed by atoms with van der Waals surface area (Å²) in [6, 6.07) is -0.337. The number of amidine groups is 1. The van der Waals surface area contributed by atoms with Gasteiger partial charge in [0, 0.05) is 13.0 Å². The summed E-state index contributed by atoms with van der Waals surface area (Å²) in [6.45, 7) is 0.195. The van der Waals surface area contributed by atoms with Gasteiger partial charge in [0.15, 0.2) is 0 Å². The Kier molecular flexibility index (Phi) is 6.35. The first-order valence-corrected chi connectivity index (χ1v) is 3.66. The zero-order chi connectivity index (χ0) is 9.40. The molecule has 0 unspecified atom stereocenters. The van der Waals surface area contributed by atoms with E-state index < -0.39 is 0 Å². The largest absolute Gasteiger partial charge is 0.409 e. The van der Waals surface area contributed by atoms with Crippen molar-refractivity contribution >= 4 is 5.84 Å². The molecule has 0 saturated carbocycles. The lowest BCUT2D eigenvalue weighted by atomic mass is 10.3. The minimum absolute atomic E-state index is 0.122. The Morgan fingerprint density at radius 2 is 2.00 bits per heavy atom. The van der Waals surface area contributed by atoms with E-state index in [0.29, 0.717) is 13.0 Å². The number of aliphatic hydroxyl groups is 2. The second-order valence-corrected chi connectivity index (χ2v) is 2.36. The fourth-order valence-electron chi connectivity index (χ4n) is 0.641. The maximum Gasteiger partial charge on any atom is 0.140 e. The van der Waals surface area contributed by atoms with Crippen LogP contribution in [0.15, 0.2) is 5.16 Å². The summed E-state index contributed by atoms with van der Waals surface area (Å²) in [5.74, 6) is 0.122. The highest BCUT2D eigenvalue weighted by Crippen LogP contribution is 1.82. The van der Waals surface area contributed by atoms with Crippen molar-refractivity contribution < 1.29 is 15.4 Å². The molecule has 0 heterocycles. The molecule has 0 amide bonds. The Hall–Kier alpha value is -0.850. The van der Waals surface area contributed by atoms with Crippen molar-refractivity contribution in [3.05, 3.63) is 0 Å². The van der Waals surface area contributed by atoms with Gasteiger partial charge in [-0.05, 0) is 0 Å². The van der Waals surface area contributed by atoms with Gasteiger partial charge in [-0.2, -0.15) is 0 Å². The van der Waals surface area contributed by atoms with Gasteiger partial charge in [0.25, 0.3) is 0 Å². The Morgan fingerprint density at radius 3 is 2.42 bits per heavy atom. The van der Waals surface area contributed by atoms with Crippen molar-refractivity contribution in [3.8, 4) is 0 Å². The van der Waals surface area contributed by atoms with Crippen molar-refractivity contribution in [2.24, 2.45) is 10.9 Å². The van der Waals surface area contributed by atoms with Gasteiger partial charge in [-0.25, -0.2) is 0 Å². The van der Waals surface area contributed by atoms with Gasteiger partial charge in [0.1, 0.15) is 5.84 Å². The highest BCUT2D eigenvalue weighted by atomic mass is 16.4. The first-order chi connectivity index (χ1) is 5.74. The first-order valence-electron chi connectivity index (χ1n) is 3.66. The van der Waals surface area contributed by atoms with Crippen LogP contribution < -0.4 is 11.1 Å². The van der Waals surface area contributed by atoms with Crippen LogP contribution in [0.4, 0.5) is 0 Å². The summed E-state index contributed by atoms with van der Waals surface area (Å²) in [7, 11) is 0. The molecule has 6 N–H and O–H groups in total. The monoisotopic (exact) mass is 177 g/mol. The van der Waals surface area contributed by atoms with E-state index in [1.165, 1.54) is 0 Å². The Labute approximate surface area is 70.7 Å². The number of oxime groups is 1. The van der Waals surface area contributed by atoms with Crippen molar-refractivity contribution in [2.75, 3.05) is 19.8 Å². The summed E-state index contributed by atoms with van der Waals surface area (Å²) >= 11 is 0. The van der Waals surface area contributed by atoms with Gasteiger partial charge in [-0.3, -0.25) is 0 Å². The number of rotatable bonds is 6. The normalized spacial score (nSPS) is 12.4. The standard InChI is InChI=1S/C6H15N3O3/c7-6(9-12)1-2-8-5(3-10)4-11/h5,8,10-12H,1-4H2,(H2,7,9). The van der Waals surface area contributed by atoms with E-state index in [-0.39, 0.29) is 25.1 Å². The van der Waals surface area contributed by atoms with Crippen LogP contribution >= 0.6 is 0 Å². The topological polar surface area (TPSA) is 111 Å². The molecule has 6 nitrogen and oxygen atoms in total. The first kappa shape index (κ1) is 11.2. The second-order valence-electron chi connectivity index (χ2n) is 2.36. The van der Waals surface area contributed by atoms with Crippen LogP contribution in [0.2, 0.25) is 0 Å². The van der Waals surface area contributed by atoms with Gasteiger partial charge in [-0.1, -0.05) is 5.16 Å². The highest BCUT2D eigenvalue weighted by molar-refractivity contribution is 5.79. The molecule has 0 aromatic heterocycles. The van der Waals surface area contributed by atoms with Crippen LogP contribution in [-0.2, 0) is 0 Å². The summed E-state index contributed by atoms with van der Waals surface area (Å²) in [5, 5.41) is 31.0. The molecular formula is C6H15N3O3. The molecule has 0 aliphatic carbocycles. The third kappa shape index (κ3) is 4.89. The van der Waals surface area contributed by atoms with Crippen molar-refractivity contribution in [3.63, 3.8) is 0 Å². The minimum Gasteiger partial charge on any atom is -0.409 e. The number of nitrogens with one attached hydrogen (secondary N) is 1. The number of nitrogens with zero attached hydrogens (tertiary/aromatic N) is 1. The van der Waals surface area contributed by atoms with Gasteiger partial charge in [0.2, 0.25) is 0 Å². The zero-order valence-corrected chi connectivity index (χ0v) is 6.77. The van der Waals surface area contributed by atoms with Crippen LogP contribution in [0.5, 0.6) is 0 Å². The maximum atomic E-state index is 8.62. The molecule has 0 aliphatic heterocycles. The summed E-state index contributed by atoms with van der Waals surface area (Å²) in [5.41, 5.74) is 5.18. The number of hydrogen-bond acceptors (Lipinski definition) is 5. The molecule has 0 bridgehead atoms. The van der Waals surface area contributed by atoms with E-state index >= 15 is 0 Å². The SMILES string of the molecule is NC(CCNC(CO)CO)=NO. The lowest BCUT2D eigenvalue weighted by Gasteiger charge is -2.12. The number of hydrogen-bond donors (Lipinski definition) is 5. The molecule has 12 heavy (non-hydrogen) atoms. The van der Waals surface area contributed by atoms with Gasteiger partial charge in [-0.15, -0.1) is 0 Å². The maximum absolute atomic E-state index is 8.62. The molecule has 0 aromatic rings. The molecule has 0 aromatic carbocycles. The molecule has 0 fully saturated rings. The summed E-state index contributed by atoms with van der Waals surface area (Å²) in [4.78, 5) is 0. The second kappa shape index (κ2) is 6.84. The average molecular weight is 177 g/mol. The zero-order valence-electron chi connectivity index (χ0n) is 6.77. The van der Waals surface area contributed by atoms with Gasteiger partial charge < -0.3 is 26.5 Å². The molecule has 0 saturated heterocycles. The fraction of sp³-hybridized carbons (Fsp3) is 0.833. The average Bonchev–Trinajstić information content (AvgIpc) is 2.12. The van der Waals surface area contributed by atoms with E-state index in [1.807, 2.05) is 0 Å². The predicted octanol–water partition coefficient (Wildman–Crippen LogP) is -1.93. The molecule has 6 heteroatoms. The van der Waals surface area contributed by atoms with Crippen LogP contribution in [0.25, 0.3) is 0 Å². The Bertz CT molecular complexity index is 136. The van der Waals surface area contributed by atoms with Crippen molar-refractivity contribution in [1.82, 2.24) is 5.32 Å². The van der Waals surface area contributed by atoms with Gasteiger partial charge >= 0.3 is 0 Å².